The third kappa shape index (κ3) is 3.38. The third-order valence-electron chi connectivity index (χ3n) is 3.66. The van der Waals surface area contributed by atoms with Gasteiger partial charge in [-0.3, -0.25) is 0 Å². The Morgan fingerprint density at radius 1 is 1.12 bits per heavy atom. The van der Waals surface area contributed by atoms with Gasteiger partial charge in [-0.1, -0.05) is 44.2 Å². The van der Waals surface area contributed by atoms with E-state index in [1.807, 2.05) is 42.5 Å². The summed E-state index contributed by atoms with van der Waals surface area (Å²) in [5.41, 5.74) is 2.38. The summed E-state index contributed by atoms with van der Waals surface area (Å²) in [6.45, 7) is 4.82. The van der Waals surface area contributed by atoms with Gasteiger partial charge in [-0.15, -0.1) is 0 Å². The summed E-state index contributed by atoms with van der Waals surface area (Å²) < 4.78 is 5.75. The zero-order chi connectivity index (χ0) is 17.1. The minimum atomic E-state index is -0.956. The number of aromatic carboxylic acids is 1. The van der Waals surface area contributed by atoms with E-state index in [0.717, 1.165) is 11.3 Å². The maximum absolute atomic E-state index is 11.6. The average molecular weight is 321 g/mol. The van der Waals surface area contributed by atoms with Gasteiger partial charge in [0.2, 0.25) is 0 Å². The summed E-state index contributed by atoms with van der Waals surface area (Å²) in [7, 11) is 0. The second-order valence-electron chi connectivity index (χ2n) is 6.11. The smallest absolute Gasteiger partial charge is 0.336 e. The number of pyridine rings is 1. The highest BCUT2D eigenvalue weighted by atomic mass is 16.5. The molecule has 0 fully saturated rings. The van der Waals surface area contributed by atoms with Gasteiger partial charge < -0.3 is 9.84 Å². The van der Waals surface area contributed by atoms with Gasteiger partial charge in [-0.2, -0.15) is 0 Å². The molecule has 122 valence electrons. The number of rotatable bonds is 5. The van der Waals surface area contributed by atoms with Crippen molar-refractivity contribution < 1.29 is 14.6 Å². The fraction of sp³-hybridized carbons (Fsp3) is 0.200. The Morgan fingerprint density at radius 2 is 1.92 bits per heavy atom. The molecule has 24 heavy (non-hydrogen) atoms. The first-order valence-corrected chi connectivity index (χ1v) is 7.91. The first-order chi connectivity index (χ1) is 11.5. The van der Waals surface area contributed by atoms with Gasteiger partial charge in [-0.05, 0) is 30.2 Å². The van der Waals surface area contributed by atoms with Gasteiger partial charge in [0.15, 0.2) is 0 Å². The van der Waals surface area contributed by atoms with Crippen LogP contribution in [0.5, 0.6) is 5.75 Å². The molecule has 3 aromatic rings. The van der Waals surface area contributed by atoms with Crippen LogP contribution in [0.3, 0.4) is 0 Å². The molecule has 0 bridgehead atoms. The number of hydrogen-bond donors (Lipinski definition) is 1. The Kier molecular flexibility index (Phi) is 4.47. The first kappa shape index (κ1) is 16.0. The molecule has 0 radical (unpaired) electrons. The number of ether oxygens (including phenoxy) is 1. The normalized spacial score (nSPS) is 11.0. The zero-order valence-electron chi connectivity index (χ0n) is 13.7. The molecule has 1 aromatic heterocycles. The molecular formula is C20H19NO3. The molecule has 0 unspecified atom stereocenters. The van der Waals surface area contributed by atoms with Crippen molar-refractivity contribution in [3.8, 4) is 17.0 Å². The highest BCUT2D eigenvalue weighted by Gasteiger charge is 2.13. The van der Waals surface area contributed by atoms with E-state index in [1.54, 1.807) is 12.1 Å². The predicted molar refractivity (Wildman–Crippen MR) is 94.5 cm³/mol. The molecule has 0 saturated carbocycles. The van der Waals surface area contributed by atoms with Crippen LogP contribution in [0.4, 0.5) is 0 Å². The molecule has 0 aliphatic rings. The number of carboxylic acid groups (broad SMARTS) is 1. The number of fused-ring (bicyclic) bond motifs is 1. The fourth-order valence-electron chi connectivity index (χ4n) is 2.51. The zero-order valence-corrected chi connectivity index (χ0v) is 13.7. The van der Waals surface area contributed by atoms with Crippen LogP contribution in [0.25, 0.3) is 22.2 Å². The summed E-state index contributed by atoms with van der Waals surface area (Å²) in [5, 5.41) is 10.1. The number of aromatic nitrogens is 1. The largest absolute Gasteiger partial charge is 0.493 e. The minimum absolute atomic E-state index is 0.254. The lowest BCUT2D eigenvalue weighted by atomic mass is 10.0. The standard InChI is InChI=1S/C20H19NO3/c1-13(2)12-24-15-7-5-6-14(10-15)19-11-17(20(22)23)16-8-3-4-9-18(16)21-19/h3-11,13H,12H2,1-2H3,(H,22,23). The van der Waals surface area contributed by atoms with E-state index in [9.17, 15) is 9.90 Å². The molecule has 4 heteroatoms. The Labute approximate surface area is 140 Å². The van der Waals surface area contributed by atoms with Crippen LogP contribution in [-0.4, -0.2) is 22.7 Å². The molecule has 0 amide bonds. The molecule has 4 nitrogen and oxygen atoms in total. The average Bonchev–Trinajstić information content (AvgIpc) is 2.59. The Bertz CT molecular complexity index is 887. The molecule has 1 heterocycles. The minimum Gasteiger partial charge on any atom is -0.493 e. The quantitative estimate of drug-likeness (QED) is 0.744. The molecule has 0 aliphatic carbocycles. The van der Waals surface area contributed by atoms with Crippen LogP contribution in [-0.2, 0) is 0 Å². The Balaban J connectivity index is 2.06. The monoisotopic (exact) mass is 321 g/mol. The van der Waals surface area contributed by atoms with Crippen molar-refractivity contribution in [2.24, 2.45) is 5.92 Å². The van der Waals surface area contributed by atoms with Crippen molar-refractivity contribution in [2.75, 3.05) is 6.61 Å². The van der Waals surface area contributed by atoms with E-state index in [1.165, 1.54) is 0 Å². The number of para-hydroxylation sites is 1. The van der Waals surface area contributed by atoms with E-state index in [-0.39, 0.29) is 5.56 Å². The predicted octanol–water partition coefficient (Wildman–Crippen LogP) is 4.63. The first-order valence-electron chi connectivity index (χ1n) is 7.91. The van der Waals surface area contributed by atoms with Gasteiger partial charge in [-0.25, -0.2) is 9.78 Å². The van der Waals surface area contributed by atoms with Gasteiger partial charge in [0.1, 0.15) is 5.75 Å². The molecular weight excluding hydrogens is 302 g/mol. The Morgan fingerprint density at radius 3 is 2.67 bits per heavy atom. The van der Waals surface area contributed by atoms with E-state index < -0.39 is 5.97 Å². The molecule has 0 saturated heterocycles. The Hall–Kier alpha value is -2.88. The fourth-order valence-corrected chi connectivity index (χ4v) is 2.51. The van der Waals surface area contributed by atoms with Crippen LogP contribution in [0.2, 0.25) is 0 Å². The van der Waals surface area contributed by atoms with E-state index >= 15 is 0 Å². The molecule has 0 spiro atoms. The summed E-state index contributed by atoms with van der Waals surface area (Å²) in [4.78, 5) is 16.2. The van der Waals surface area contributed by atoms with Crippen molar-refractivity contribution in [2.45, 2.75) is 13.8 Å². The third-order valence-corrected chi connectivity index (χ3v) is 3.66. The van der Waals surface area contributed by atoms with Gasteiger partial charge in [0.25, 0.3) is 0 Å². The molecule has 1 N–H and O–H groups in total. The topological polar surface area (TPSA) is 59.4 Å². The van der Waals surface area contributed by atoms with Crippen molar-refractivity contribution in [3.63, 3.8) is 0 Å². The second-order valence-corrected chi connectivity index (χ2v) is 6.11. The molecule has 2 aromatic carbocycles. The van der Waals surface area contributed by atoms with E-state index in [0.29, 0.717) is 29.1 Å². The van der Waals surface area contributed by atoms with Gasteiger partial charge in [0.05, 0.1) is 23.4 Å². The van der Waals surface area contributed by atoms with Crippen LogP contribution in [0.1, 0.15) is 24.2 Å². The highest BCUT2D eigenvalue weighted by Crippen LogP contribution is 2.27. The van der Waals surface area contributed by atoms with Crippen LogP contribution < -0.4 is 4.74 Å². The SMILES string of the molecule is CC(C)COc1cccc(-c2cc(C(=O)O)c3ccccc3n2)c1. The van der Waals surface area contributed by atoms with Crippen molar-refractivity contribution in [3.05, 3.63) is 60.2 Å². The second kappa shape index (κ2) is 6.71. The summed E-state index contributed by atoms with van der Waals surface area (Å²) in [6.07, 6.45) is 0. The van der Waals surface area contributed by atoms with Crippen LogP contribution in [0.15, 0.2) is 54.6 Å². The summed E-state index contributed by atoms with van der Waals surface area (Å²) >= 11 is 0. The van der Waals surface area contributed by atoms with Crippen molar-refractivity contribution in [1.29, 1.82) is 0 Å². The number of carboxylic acids is 1. The number of benzene rings is 2. The number of hydrogen-bond acceptors (Lipinski definition) is 3. The summed E-state index contributed by atoms with van der Waals surface area (Å²) in [6, 6.07) is 16.5. The van der Waals surface area contributed by atoms with Crippen LogP contribution in [0, 0.1) is 5.92 Å². The number of carbonyl (C=O) groups is 1. The maximum Gasteiger partial charge on any atom is 0.336 e. The van der Waals surface area contributed by atoms with Crippen molar-refractivity contribution in [1.82, 2.24) is 4.98 Å². The van der Waals surface area contributed by atoms with Gasteiger partial charge >= 0.3 is 5.97 Å². The lowest BCUT2D eigenvalue weighted by Gasteiger charge is -2.11. The molecule has 0 atom stereocenters. The highest BCUT2D eigenvalue weighted by molar-refractivity contribution is 6.03. The summed E-state index contributed by atoms with van der Waals surface area (Å²) in [5.74, 6) is 0.237. The lowest BCUT2D eigenvalue weighted by molar-refractivity contribution is 0.0699. The van der Waals surface area contributed by atoms with Crippen LogP contribution >= 0.6 is 0 Å². The maximum atomic E-state index is 11.6. The van der Waals surface area contributed by atoms with E-state index in [2.05, 4.69) is 18.8 Å². The van der Waals surface area contributed by atoms with Crippen molar-refractivity contribution >= 4 is 16.9 Å². The van der Waals surface area contributed by atoms with E-state index in [4.69, 9.17) is 4.74 Å². The molecule has 0 aliphatic heterocycles. The van der Waals surface area contributed by atoms with Gasteiger partial charge in [0, 0.05) is 10.9 Å². The number of nitrogens with zero attached hydrogens (tertiary/aromatic N) is 1. The molecule has 3 rings (SSSR count). The lowest BCUT2D eigenvalue weighted by Crippen LogP contribution is -2.04.